The fourth-order valence-electron chi connectivity index (χ4n) is 2.79. The van der Waals surface area contributed by atoms with Crippen molar-refractivity contribution in [2.24, 2.45) is 0 Å². The van der Waals surface area contributed by atoms with E-state index in [9.17, 15) is 10.4 Å². The van der Waals surface area contributed by atoms with Gasteiger partial charge in [0, 0.05) is 11.1 Å². The second-order valence-electron chi connectivity index (χ2n) is 5.55. The third kappa shape index (κ3) is 2.58. The number of phenols is 1. The molecular weight excluding hydrogens is 318 g/mol. The molecule has 122 valence electrons. The molecule has 0 radical (unpaired) electrons. The number of phenolic OH excluding ortho intramolecular Hbond substituents is 1. The van der Waals surface area contributed by atoms with E-state index in [-0.39, 0.29) is 23.9 Å². The highest BCUT2D eigenvalue weighted by molar-refractivity contribution is 5.81. The quantitative estimate of drug-likeness (QED) is 0.747. The van der Waals surface area contributed by atoms with E-state index in [2.05, 4.69) is 11.1 Å². The van der Waals surface area contributed by atoms with Gasteiger partial charge in [0.15, 0.2) is 11.5 Å². The third-order valence-corrected chi connectivity index (χ3v) is 3.98. The van der Waals surface area contributed by atoms with Crippen molar-refractivity contribution in [1.82, 2.24) is 4.98 Å². The second kappa shape index (κ2) is 5.73. The minimum Gasteiger partial charge on any atom is -0.508 e. The molecule has 1 aromatic heterocycles. The maximum Gasteiger partial charge on any atom is 0.231 e. The predicted octanol–water partition coefficient (Wildman–Crippen LogP) is 3.30. The standard InChI is InChI=1S/C19H13N3O3/c20-9-15-14(11-2-1-3-13(23)6-11)8-16(22-19(15)21)12-4-5-17-18(7-12)25-10-24-17/h1-8,23H,10H2,(H2,21,22). The molecule has 0 aliphatic carbocycles. The fraction of sp³-hybridized carbons (Fsp3) is 0.0526. The van der Waals surface area contributed by atoms with Gasteiger partial charge in [0.2, 0.25) is 6.79 Å². The van der Waals surface area contributed by atoms with Crippen LogP contribution in [0.5, 0.6) is 17.2 Å². The Kier molecular flexibility index (Phi) is 3.40. The van der Waals surface area contributed by atoms with Gasteiger partial charge in [-0.1, -0.05) is 12.1 Å². The maximum atomic E-state index is 9.74. The second-order valence-corrected chi connectivity index (χ2v) is 5.55. The van der Waals surface area contributed by atoms with Crippen LogP contribution in [0.15, 0.2) is 48.5 Å². The Labute approximate surface area is 143 Å². The topological polar surface area (TPSA) is 101 Å². The molecule has 0 bridgehead atoms. The maximum absolute atomic E-state index is 9.74. The molecule has 1 aliphatic heterocycles. The number of aromatic nitrogens is 1. The number of nitrogen functional groups attached to an aromatic ring is 1. The smallest absolute Gasteiger partial charge is 0.231 e. The van der Waals surface area contributed by atoms with Crippen LogP contribution in [0.2, 0.25) is 0 Å². The summed E-state index contributed by atoms with van der Waals surface area (Å²) < 4.78 is 10.7. The lowest BCUT2D eigenvalue weighted by atomic mass is 9.98. The molecule has 0 fully saturated rings. The van der Waals surface area contributed by atoms with Crippen molar-refractivity contribution in [3.63, 3.8) is 0 Å². The first-order valence-corrected chi connectivity index (χ1v) is 7.56. The van der Waals surface area contributed by atoms with Crippen molar-refractivity contribution in [3.05, 3.63) is 54.1 Å². The Morgan fingerprint density at radius 3 is 2.68 bits per heavy atom. The first-order chi connectivity index (χ1) is 12.2. The van der Waals surface area contributed by atoms with Crippen LogP contribution < -0.4 is 15.2 Å². The molecule has 0 saturated carbocycles. The van der Waals surface area contributed by atoms with Crippen LogP contribution >= 0.6 is 0 Å². The molecule has 6 heteroatoms. The number of hydrogen-bond acceptors (Lipinski definition) is 6. The van der Waals surface area contributed by atoms with Gasteiger partial charge in [0.1, 0.15) is 23.2 Å². The molecule has 3 aromatic rings. The highest BCUT2D eigenvalue weighted by Crippen LogP contribution is 2.37. The normalized spacial score (nSPS) is 12.0. The van der Waals surface area contributed by atoms with Gasteiger partial charge in [0.05, 0.1) is 5.69 Å². The number of ether oxygens (including phenoxy) is 2. The first kappa shape index (κ1) is 14.8. The summed E-state index contributed by atoms with van der Waals surface area (Å²) in [6.07, 6.45) is 0. The predicted molar refractivity (Wildman–Crippen MR) is 92.0 cm³/mol. The van der Waals surface area contributed by atoms with Crippen molar-refractivity contribution in [3.8, 4) is 45.7 Å². The van der Waals surface area contributed by atoms with Gasteiger partial charge >= 0.3 is 0 Å². The van der Waals surface area contributed by atoms with Gasteiger partial charge < -0.3 is 20.3 Å². The van der Waals surface area contributed by atoms with E-state index < -0.39 is 0 Å². The fourth-order valence-corrected chi connectivity index (χ4v) is 2.79. The summed E-state index contributed by atoms with van der Waals surface area (Å²) in [6.45, 7) is 0.191. The number of fused-ring (bicyclic) bond motifs is 1. The van der Waals surface area contributed by atoms with Crippen LogP contribution in [-0.2, 0) is 0 Å². The van der Waals surface area contributed by atoms with Gasteiger partial charge in [-0.25, -0.2) is 4.98 Å². The molecule has 6 nitrogen and oxygen atoms in total. The molecule has 2 aromatic carbocycles. The van der Waals surface area contributed by atoms with Crippen LogP contribution in [0.25, 0.3) is 22.4 Å². The van der Waals surface area contributed by atoms with Gasteiger partial charge in [0.25, 0.3) is 0 Å². The van der Waals surface area contributed by atoms with Crippen molar-refractivity contribution in [2.45, 2.75) is 0 Å². The van der Waals surface area contributed by atoms with Crippen LogP contribution in [0.1, 0.15) is 5.56 Å². The molecule has 0 unspecified atom stereocenters. The molecule has 25 heavy (non-hydrogen) atoms. The van der Waals surface area contributed by atoms with Gasteiger partial charge in [-0.3, -0.25) is 0 Å². The summed E-state index contributed by atoms with van der Waals surface area (Å²) in [4.78, 5) is 4.34. The van der Waals surface area contributed by atoms with Gasteiger partial charge in [-0.15, -0.1) is 0 Å². The molecule has 4 rings (SSSR count). The Bertz CT molecular complexity index is 1020. The van der Waals surface area contributed by atoms with Crippen LogP contribution in [-0.4, -0.2) is 16.9 Å². The zero-order valence-electron chi connectivity index (χ0n) is 13.1. The molecule has 0 spiro atoms. The number of anilines is 1. The Morgan fingerprint density at radius 2 is 1.88 bits per heavy atom. The highest BCUT2D eigenvalue weighted by Gasteiger charge is 2.17. The molecule has 0 amide bonds. The lowest BCUT2D eigenvalue weighted by molar-refractivity contribution is 0.174. The van der Waals surface area contributed by atoms with Crippen LogP contribution in [0, 0.1) is 11.3 Å². The average Bonchev–Trinajstić information content (AvgIpc) is 3.08. The summed E-state index contributed by atoms with van der Waals surface area (Å²) in [5.74, 6) is 1.57. The zero-order chi connectivity index (χ0) is 17.4. The number of benzene rings is 2. The van der Waals surface area contributed by atoms with Crippen LogP contribution in [0.3, 0.4) is 0 Å². The number of pyridine rings is 1. The van der Waals surface area contributed by atoms with E-state index in [1.807, 2.05) is 18.2 Å². The summed E-state index contributed by atoms with van der Waals surface area (Å²) in [5, 5.41) is 19.2. The molecule has 0 atom stereocenters. The summed E-state index contributed by atoms with van der Waals surface area (Å²) in [7, 11) is 0. The number of nitrogens with zero attached hydrogens (tertiary/aromatic N) is 2. The van der Waals surface area contributed by atoms with E-state index in [4.69, 9.17) is 15.2 Å². The lowest BCUT2D eigenvalue weighted by Gasteiger charge is -2.11. The van der Waals surface area contributed by atoms with E-state index in [0.717, 1.165) is 5.56 Å². The number of aromatic hydroxyl groups is 1. The Balaban J connectivity index is 1.89. The van der Waals surface area contributed by atoms with Crippen molar-refractivity contribution in [2.75, 3.05) is 12.5 Å². The molecule has 0 saturated heterocycles. The molecule has 3 N–H and O–H groups in total. The highest BCUT2D eigenvalue weighted by atomic mass is 16.7. The van der Waals surface area contributed by atoms with E-state index in [0.29, 0.717) is 28.3 Å². The van der Waals surface area contributed by atoms with E-state index in [1.165, 1.54) is 0 Å². The van der Waals surface area contributed by atoms with E-state index >= 15 is 0 Å². The summed E-state index contributed by atoms with van der Waals surface area (Å²) in [6, 6.07) is 16.0. The van der Waals surface area contributed by atoms with Crippen molar-refractivity contribution in [1.29, 1.82) is 5.26 Å². The number of nitrogens with two attached hydrogens (primary N) is 1. The third-order valence-electron chi connectivity index (χ3n) is 3.98. The minimum atomic E-state index is 0.112. The van der Waals surface area contributed by atoms with Gasteiger partial charge in [-0.2, -0.15) is 5.26 Å². The number of nitriles is 1. The first-order valence-electron chi connectivity index (χ1n) is 7.56. The minimum absolute atomic E-state index is 0.112. The zero-order valence-corrected chi connectivity index (χ0v) is 13.1. The molecular formula is C19H13N3O3. The van der Waals surface area contributed by atoms with E-state index in [1.54, 1.807) is 30.3 Å². The average molecular weight is 331 g/mol. The molecule has 1 aliphatic rings. The SMILES string of the molecule is N#Cc1c(-c2cccc(O)c2)cc(-c2ccc3c(c2)OCO3)nc1N. The Morgan fingerprint density at radius 1 is 1.04 bits per heavy atom. The lowest BCUT2D eigenvalue weighted by Crippen LogP contribution is -1.99. The largest absolute Gasteiger partial charge is 0.508 e. The monoisotopic (exact) mass is 331 g/mol. The van der Waals surface area contributed by atoms with Crippen molar-refractivity contribution >= 4 is 5.82 Å². The number of hydrogen-bond donors (Lipinski definition) is 2. The number of rotatable bonds is 2. The summed E-state index contributed by atoms with van der Waals surface area (Å²) >= 11 is 0. The Hall–Kier alpha value is -3.72. The molecule has 2 heterocycles. The van der Waals surface area contributed by atoms with Gasteiger partial charge in [-0.05, 0) is 42.0 Å². The van der Waals surface area contributed by atoms with Crippen molar-refractivity contribution < 1.29 is 14.6 Å². The summed E-state index contributed by atoms with van der Waals surface area (Å²) in [5.41, 5.74) is 8.97. The van der Waals surface area contributed by atoms with Crippen LogP contribution in [0.4, 0.5) is 5.82 Å².